The Balaban J connectivity index is 2.04. The quantitative estimate of drug-likeness (QED) is 0.291. The lowest BCUT2D eigenvalue weighted by molar-refractivity contribution is -0.288. The first-order chi connectivity index (χ1) is 17.4. The molecule has 2 N–H and O–H groups in total. The monoisotopic (exact) mass is 524 g/mol. The first kappa shape index (κ1) is 27.3. The summed E-state index contributed by atoms with van der Waals surface area (Å²) >= 11 is 0. The van der Waals surface area contributed by atoms with Crippen molar-refractivity contribution < 1.29 is 62.2 Å². The molecule has 1 fully saturated rings. The van der Waals surface area contributed by atoms with Gasteiger partial charge in [-0.2, -0.15) is 0 Å². The molecule has 5 atom stereocenters. The van der Waals surface area contributed by atoms with E-state index < -0.39 is 78.3 Å². The summed E-state index contributed by atoms with van der Waals surface area (Å²) in [5.74, 6) is -4.79. The normalized spacial score (nSPS) is 23.1. The molecule has 1 aliphatic heterocycles. The zero-order valence-corrected chi connectivity index (χ0v) is 20.1. The minimum atomic E-state index is -1.52. The van der Waals surface area contributed by atoms with Gasteiger partial charge in [-0.25, -0.2) is 4.79 Å². The topological polar surface area (TPSA) is 194 Å². The second-order valence-electron chi connectivity index (χ2n) is 7.93. The Labute approximate surface area is 208 Å². The van der Waals surface area contributed by atoms with Crippen molar-refractivity contribution in [2.45, 2.75) is 58.4 Å². The lowest BCUT2D eigenvalue weighted by Crippen LogP contribution is -2.63. The number of rotatable bonds is 7. The van der Waals surface area contributed by atoms with E-state index in [0.717, 1.165) is 27.7 Å². The van der Waals surface area contributed by atoms with Crippen LogP contribution in [0.25, 0.3) is 11.0 Å². The first-order valence-corrected chi connectivity index (χ1v) is 10.8. The van der Waals surface area contributed by atoms with Crippen molar-refractivity contribution in [2.24, 2.45) is 0 Å². The average Bonchev–Trinajstić information content (AvgIpc) is 2.79. The number of fused-ring (bicyclic) bond motifs is 1. The van der Waals surface area contributed by atoms with Gasteiger partial charge in [0, 0.05) is 33.8 Å². The smallest absolute Gasteiger partial charge is 0.382 e. The van der Waals surface area contributed by atoms with E-state index in [1.165, 1.54) is 18.2 Å². The molecular formula is C23H24O14. The highest BCUT2D eigenvalue weighted by Gasteiger charge is 2.53. The molecule has 37 heavy (non-hydrogen) atoms. The van der Waals surface area contributed by atoms with Crippen LogP contribution >= 0.6 is 0 Å². The second kappa shape index (κ2) is 11.2. The standard InChI is InChI=1S/C23H24O14/c1-9(24)31-8-16-19(32-10(2)25)20(33-11(3)26)21(34-12(4)27)23(37-16)35-13-5-6-14-15(7-13)36-22(30)18(29)17(14)28/h5-7,16,19-21,23,28-29H,8H2,1-4H3/t16-,19-,20+,21-,23-/m1/s1. The van der Waals surface area contributed by atoms with Crippen LogP contribution in [0.15, 0.2) is 27.4 Å². The van der Waals surface area contributed by atoms with E-state index in [9.17, 15) is 34.2 Å². The van der Waals surface area contributed by atoms with Gasteiger partial charge >= 0.3 is 29.5 Å². The number of aromatic hydroxyl groups is 2. The van der Waals surface area contributed by atoms with Crippen LogP contribution < -0.4 is 10.4 Å². The zero-order valence-electron chi connectivity index (χ0n) is 20.1. The van der Waals surface area contributed by atoms with Crippen molar-refractivity contribution in [1.82, 2.24) is 0 Å². The Hall–Kier alpha value is -4.33. The van der Waals surface area contributed by atoms with Crippen molar-refractivity contribution in [3.05, 3.63) is 28.6 Å². The molecule has 0 saturated carbocycles. The van der Waals surface area contributed by atoms with Gasteiger partial charge in [0.15, 0.2) is 18.0 Å². The molecule has 200 valence electrons. The predicted octanol–water partition coefficient (Wildman–Crippen LogP) is 0.666. The van der Waals surface area contributed by atoms with Crippen molar-refractivity contribution >= 4 is 34.8 Å². The average molecular weight is 524 g/mol. The lowest BCUT2D eigenvalue weighted by atomic mass is 9.98. The molecule has 1 aromatic heterocycles. The molecule has 0 aliphatic carbocycles. The number of benzene rings is 1. The number of carbonyl (C=O) groups excluding carboxylic acids is 4. The number of esters is 4. The fourth-order valence-corrected chi connectivity index (χ4v) is 3.65. The largest absolute Gasteiger partial charge is 0.504 e. The van der Waals surface area contributed by atoms with E-state index in [4.69, 9.17) is 32.8 Å². The third-order valence-corrected chi connectivity index (χ3v) is 5.03. The summed E-state index contributed by atoms with van der Waals surface area (Å²) in [4.78, 5) is 58.7. The number of hydrogen-bond acceptors (Lipinski definition) is 14. The Morgan fingerprint density at radius 3 is 2.03 bits per heavy atom. The van der Waals surface area contributed by atoms with Crippen LogP contribution in [0.1, 0.15) is 27.7 Å². The van der Waals surface area contributed by atoms with E-state index in [-0.39, 0.29) is 16.7 Å². The van der Waals surface area contributed by atoms with E-state index in [2.05, 4.69) is 0 Å². The molecule has 0 spiro atoms. The second-order valence-corrected chi connectivity index (χ2v) is 7.93. The highest BCUT2D eigenvalue weighted by Crippen LogP contribution is 2.35. The van der Waals surface area contributed by atoms with Gasteiger partial charge in [0.05, 0.1) is 5.39 Å². The Bertz CT molecular complexity index is 1260. The van der Waals surface area contributed by atoms with Crippen LogP contribution in [-0.4, -0.2) is 71.4 Å². The van der Waals surface area contributed by atoms with Crippen LogP contribution in [0.2, 0.25) is 0 Å². The maximum Gasteiger partial charge on any atom is 0.382 e. The zero-order chi connectivity index (χ0) is 27.4. The van der Waals surface area contributed by atoms with Gasteiger partial charge in [-0.15, -0.1) is 0 Å². The molecule has 0 bridgehead atoms. The summed E-state index contributed by atoms with van der Waals surface area (Å²) in [5, 5.41) is 19.6. The van der Waals surface area contributed by atoms with E-state index >= 15 is 0 Å². The van der Waals surface area contributed by atoms with Crippen molar-refractivity contribution in [2.75, 3.05) is 6.61 Å². The van der Waals surface area contributed by atoms with Crippen LogP contribution in [0.5, 0.6) is 17.2 Å². The number of ether oxygens (including phenoxy) is 6. The molecule has 0 unspecified atom stereocenters. The maximum atomic E-state index is 11.9. The van der Waals surface area contributed by atoms with Crippen molar-refractivity contribution in [1.29, 1.82) is 0 Å². The molecule has 2 aromatic rings. The minimum absolute atomic E-state index is 0.00834. The molecule has 1 aliphatic rings. The SMILES string of the molecule is CC(=O)OC[C@H]1O[C@@H](Oc2ccc3c(O)c(O)c(=O)oc3c2)[C@H](OC(C)=O)[C@@H](OC(C)=O)[C@@H]1OC(C)=O. The fraction of sp³-hybridized carbons (Fsp3) is 0.435. The predicted molar refractivity (Wildman–Crippen MR) is 118 cm³/mol. The van der Waals surface area contributed by atoms with Gasteiger partial charge in [0.25, 0.3) is 0 Å². The molecule has 3 rings (SSSR count). The first-order valence-electron chi connectivity index (χ1n) is 10.8. The van der Waals surface area contributed by atoms with Gasteiger partial charge in [0.2, 0.25) is 18.1 Å². The van der Waals surface area contributed by atoms with Crippen molar-refractivity contribution in [3.63, 3.8) is 0 Å². The van der Waals surface area contributed by atoms with Crippen LogP contribution in [0.3, 0.4) is 0 Å². The van der Waals surface area contributed by atoms with Crippen LogP contribution in [0.4, 0.5) is 0 Å². The summed E-state index contributed by atoms with van der Waals surface area (Å²) in [7, 11) is 0. The highest BCUT2D eigenvalue weighted by molar-refractivity contribution is 5.86. The maximum absolute atomic E-state index is 11.9. The molecule has 2 heterocycles. The Kier molecular flexibility index (Phi) is 8.22. The molecule has 1 aromatic carbocycles. The van der Waals surface area contributed by atoms with Crippen molar-refractivity contribution in [3.8, 4) is 17.2 Å². The van der Waals surface area contributed by atoms with Gasteiger partial charge in [-0.1, -0.05) is 0 Å². The highest BCUT2D eigenvalue weighted by atomic mass is 16.7. The van der Waals surface area contributed by atoms with E-state index in [1.54, 1.807) is 0 Å². The molecule has 1 saturated heterocycles. The molecular weight excluding hydrogens is 500 g/mol. The molecule has 14 heteroatoms. The van der Waals surface area contributed by atoms with Gasteiger partial charge in [-0.3, -0.25) is 19.2 Å². The lowest BCUT2D eigenvalue weighted by Gasteiger charge is -2.43. The fourth-order valence-electron chi connectivity index (χ4n) is 3.65. The number of carbonyl (C=O) groups is 4. The third kappa shape index (κ3) is 6.46. The summed E-state index contributed by atoms with van der Waals surface area (Å²) in [5.41, 5.74) is -1.36. The van der Waals surface area contributed by atoms with Crippen LogP contribution in [0, 0.1) is 0 Å². The summed E-state index contributed by atoms with van der Waals surface area (Å²) in [6, 6.07) is 3.77. The number of hydrogen-bond donors (Lipinski definition) is 2. The van der Waals surface area contributed by atoms with Gasteiger partial charge in [0.1, 0.15) is 24.0 Å². The molecule has 0 amide bonds. The summed E-state index contributed by atoms with van der Waals surface area (Å²) < 4.78 is 37.5. The minimum Gasteiger partial charge on any atom is -0.504 e. The van der Waals surface area contributed by atoms with Gasteiger partial charge < -0.3 is 43.1 Å². The Morgan fingerprint density at radius 2 is 1.43 bits per heavy atom. The summed E-state index contributed by atoms with van der Waals surface area (Å²) in [6.07, 6.45) is -7.03. The Morgan fingerprint density at radius 1 is 0.838 bits per heavy atom. The van der Waals surface area contributed by atoms with Gasteiger partial charge in [-0.05, 0) is 12.1 Å². The third-order valence-electron chi connectivity index (χ3n) is 5.03. The molecule has 0 radical (unpaired) electrons. The van der Waals surface area contributed by atoms with E-state index in [1.807, 2.05) is 0 Å². The molecule has 14 nitrogen and oxygen atoms in total. The van der Waals surface area contributed by atoms with Crippen LogP contribution in [-0.2, 0) is 42.9 Å². The summed E-state index contributed by atoms with van der Waals surface area (Å²) in [6.45, 7) is 3.94. The van der Waals surface area contributed by atoms with E-state index in [0.29, 0.717) is 0 Å².